The molecule has 0 saturated heterocycles. The van der Waals surface area contributed by atoms with Crippen molar-refractivity contribution in [3.05, 3.63) is 76.6 Å². The van der Waals surface area contributed by atoms with E-state index in [4.69, 9.17) is 21.3 Å². The number of aliphatic hydroxyl groups excluding tert-OH is 1. The van der Waals surface area contributed by atoms with Gasteiger partial charge in [0.1, 0.15) is 11.6 Å². The van der Waals surface area contributed by atoms with Gasteiger partial charge in [-0.05, 0) is 99.5 Å². The molecule has 9 heteroatoms. The molecule has 1 unspecified atom stereocenters. The number of halogens is 2. The summed E-state index contributed by atoms with van der Waals surface area (Å²) in [5, 5.41) is 23.9. The molecule has 9 rings (SSSR count). The average molecular weight is 708 g/mol. The smallest absolute Gasteiger partial charge is 0.164 e. The van der Waals surface area contributed by atoms with Crippen LogP contribution in [0.25, 0.3) is 10.2 Å². The Labute approximate surface area is 295 Å². The van der Waals surface area contributed by atoms with Crippen molar-refractivity contribution in [3.63, 3.8) is 0 Å². The highest BCUT2D eigenvalue weighted by atomic mass is 35.5. The minimum Gasteiger partial charge on any atom is -0.494 e. The number of rotatable bonds is 8. The highest BCUT2D eigenvalue weighted by Crippen LogP contribution is 2.78. The van der Waals surface area contributed by atoms with Crippen molar-refractivity contribution in [1.82, 2.24) is 4.98 Å². The van der Waals surface area contributed by atoms with Crippen LogP contribution in [0.2, 0.25) is 5.02 Å². The molecule has 2 aromatic carbocycles. The van der Waals surface area contributed by atoms with Gasteiger partial charge in [0, 0.05) is 44.6 Å². The lowest BCUT2D eigenvalue weighted by molar-refractivity contribution is -0.170. The molecule has 0 aliphatic heterocycles. The van der Waals surface area contributed by atoms with E-state index >= 15 is 4.39 Å². The number of allylic oxidation sites excluding steroid dienone is 4. The summed E-state index contributed by atoms with van der Waals surface area (Å²) in [6.45, 7) is 7.20. The Kier molecular flexibility index (Phi) is 7.82. The zero-order valence-corrected chi connectivity index (χ0v) is 30.1. The number of Topliss-reactive ketones (excluding diaryl/α,β-unsaturated/α-hetero) is 1. The van der Waals surface area contributed by atoms with Crippen LogP contribution < -0.4 is 4.74 Å². The molecule has 48 heavy (non-hydrogen) atoms. The predicted molar refractivity (Wildman–Crippen MR) is 190 cm³/mol. The van der Waals surface area contributed by atoms with Crippen LogP contribution in [0.1, 0.15) is 71.3 Å². The number of nitrogens with zero attached hydrogens (tertiary/aromatic N) is 1. The molecule has 1 heterocycles. The number of ether oxygens (including phenoxy) is 1. The number of aromatic nitrogens is 1. The van der Waals surface area contributed by atoms with Crippen LogP contribution in [0.3, 0.4) is 0 Å². The molecular weight excluding hydrogens is 665 g/mol. The minimum absolute atomic E-state index is 0.0305. The Hall–Kier alpha value is -2.23. The summed E-state index contributed by atoms with van der Waals surface area (Å²) in [5.74, 6) is 0.992. The summed E-state index contributed by atoms with van der Waals surface area (Å²) in [7, 11) is 0. The summed E-state index contributed by atoms with van der Waals surface area (Å²) >= 11 is 9.71. The molecule has 3 aromatic rings. The molecular formula is C39H43ClFNO4S2. The summed E-state index contributed by atoms with van der Waals surface area (Å²) in [6.07, 6.45) is 11.6. The van der Waals surface area contributed by atoms with Crippen LogP contribution in [0.4, 0.5) is 4.39 Å². The molecule has 6 aliphatic rings. The molecule has 254 valence electrons. The standard InChI is InChI=1S/C39H43ClFNO4S2/c1-4-46-24-8-9-29-31(18-24)48-34(42-29)47-22-38(45)15-12-33-36(38,3)14-11-32-35(2)13-10-23(43)20-37(35)16-17-39(32,33)26(21-37)30(44)19-25-27(40)6-5-7-28(25)41/h5-9,16-18,21,23,32-33,43,45H,4,10-15,19-20,22H2,1-3H3/t23?,32-,33-,35-,36+,37+,38-,39-/m1/s1. The van der Waals surface area contributed by atoms with E-state index in [2.05, 4.69) is 32.1 Å². The van der Waals surface area contributed by atoms with Crippen LogP contribution in [-0.4, -0.2) is 45.0 Å². The molecule has 6 aliphatic carbocycles. The number of ketones is 1. The van der Waals surface area contributed by atoms with Gasteiger partial charge >= 0.3 is 0 Å². The second kappa shape index (κ2) is 11.4. The molecule has 2 spiro atoms. The van der Waals surface area contributed by atoms with Gasteiger partial charge in [0.15, 0.2) is 10.1 Å². The zero-order valence-electron chi connectivity index (χ0n) is 27.7. The maximum atomic E-state index is 15.1. The Morgan fingerprint density at radius 2 is 1.88 bits per heavy atom. The fraction of sp³-hybridized carbons (Fsp3) is 0.538. The van der Waals surface area contributed by atoms with Gasteiger partial charge in [0.25, 0.3) is 0 Å². The largest absolute Gasteiger partial charge is 0.494 e. The molecule has 0 radical (unpaired) electrons. The molecule has 5 nitrogen and oxygen atoms in total. The third kappa shape index (κ3) is 4.54. The number of thiazole rings is 1. The number of hydrogen-bond donors (Lipinski definition) is 2. The van der Waals surface area contributed by atoms with Gasteiger partial charge < -0.3 is 14.9 Å². The molecule has 3 fully saturated rings. The van der Waals surface area contributed by atoms with E-state index in [0.717, 1.165) is 58.0 Å². The van der Waals surface area contributed by atoms with Crippen molar-refractivity contribution >= 4 is 50.7 Å². The first-order valence-electron chi connectivity index (χ1n) is 17.3. The van der Waals surface area contributed by atoms with E-state index in [1.807, 2.05) is 25.1 Å². The Balaban J connectivity index is 1.16. The first-order valence-corrected chi connectivity index (χ1v) is 19.5. The highest BCUT2D eigenvalue weighted by Gasteiger charge is 2.74. The Bertz CT molecular complexity index is 1860. The summed E-state index contributed by atoms with van der Waals surface area (Å²) in [6, 6.07) is 10.5. The molecule has 3 saturated carbocycles. The average Bonchev–Trinajstić information content (AvgIpc) is 3.59. The number of thioether (sulfide) groups is 1. The van der Waals surface area contributed by atoms with Crippen LogP contribution in [-0.2, 0) is 11.2 Å². The third-order valence-corrected chi connectivity index (χ3v) is 16.2. The third-order valence-electron chi connectivity index (χ3n) is 13.5. The quantitative estimate of drug-likeness (QED) is 0.180. The fourth-order valence-electron chi connectivity index (χ4n) is 11.0. The van der Waals surface area contributed by atoms with Crippen molar-refractivity contribution in [3.8, 4) is 5.75 Å². The molecule has 8 atom stereocenters. The van der Waals surface area contributed by atoms with E-state index in [0.29, 0.717) is 25.2 Å². The van der Waals surface area contributed by atoms with Crippen molar-refractivity contribution < 1.29 is 24.1 Å². The van der Waals surface area contributed by atoms with E-state index < -0.39 is 33.8 Å². The summed E-state index contributed by atoms with van der Waals surface area (Å²) in [4.78, 5) is 19.5. The molecule has 2 N–H and O–H groups in total. The van der Waals surface area contributed by atoms with Gasteiger partial charge in [0.2, 0.25) is 0 Å². The fourth-order valence-corrected chi connectivity index (χ4v) is 13.6. The van der Waals surface area contributed by atoms with Gasteiger partial charge in [-0.25, -0.2) is 9.37 Å². The summed E-state index contributed by atoms with van der Waals surface area (Å²) < 4.78 is 22.7. The van der Waals surface area contributed by atoms with Gasteiger partial charge in [-0.3, -0.25) is 4.79 Å². The van der Waals surface area contributed by atoms with Crippen molar-refractivity contribution in [2.45, 2.75) is 88.2 Å². The van der Waals surface area contributed by atoms with Gasteiger partial charge in [0.05, 0.1) is 28.5 Å². The minimum atomic E-state index is -0.955. The van der Waals surface area contributed by atoms with E-state index in [1.54, 1.807) is 35.2 Å². The van der Waals surface area contributed by atoms with Crippen molar-refractivity contribution in [1.29, 1.82) is 0 Å². The normalized spacial score (nSPS) is 38.0. The van der Waals surface area contributed by atoms with E-state index in [1.165, 1.54) is 6.07 Å². The molecule has 1 aromatic heterocycles. The van der Waals surface area contributed by atoms with Crippen molar-refractivity contribution in [2.24, 2.45) is 33.5 Å². The first-order chi connectivity index (χ1) is 22.9. The second-order valence-corrected chi connectivity index (χ2v) is 18.1. The van der Waals surface area contributed by atoms with Crippen LogP contribution >= 0.6 is 34.7 Å². The topological polar surface area (TPSA) is 79.7 Å². The second-order valence-electron chi connectivity index (χ2n) is 15.4. The lowest BCUT2D eigenvalue weighted by atomic mass is 9.32. The Morgan fingerprint density at radius 1 is 1.10 bits per heavy atom. The highest BCUT2D eigenvalue weighted by molar-refractivity contribution is 8.01. The number of carbonyl (C=O) groups excluding carboxylic acids is 1. The van der Waals surface area contributed by atoms with Crippen LogP contribution in [0.5, 0.6) is 5.75 Å². The van der Waals surface area contributed by atoms with Crippen molar-refractivity contribution in [2.75, 3.05) is 12.4 Å². The Morgan fingerprint density at radius 3 is 2.67 bits per heavy atom. The number of carbonyl (C=O) groups is 1. The van der Waals surface area contributed by atoms with Crippen LogP contribution in [0, 0.1) is 39.3 Å². The number of fused-ring (bicyclic) bond motifs is 2. The van der Waals surface area contributed by atoms with E-state index in [-0.39, 0.29) is 40.0 Å². The monoisotopic (exact) mass is 707 g/mol. The SMILES string of the molecule is CCOc1ccc2nc(SC[C@]3(O)CC[C@H]4[C@]56C=C[C@@]7(C=C5C(=O)Cc5c(F)cccc5Cl)CC(O)CC[C@]7(C)[C@H]6CC[C@@]43C)sc2c1. The lowest BCUT2D eigenvalue weighted by Crippen LogP contribution is -2.67. The lowest BCUT2D eigenvalue weighted by Gasteiger charge is -2.71. The van der Waals surface area contributed by atoms with Gasteiger partial charge in [-0.15, -0.1) is 11.3 Å². The van der Waals surface area contributed by atoms with Gasteiger partial charge in [-0.1, -0.05) is 61.5 Å². The number of aliphatic hydroxyl groups is 2. The molecule has 0 amide bonds. The number of benzene rings is 2. The zero-order chi connectivity index (χ0) is 33.7. The van der Waals surface area contributed by atoms with Crippen LogP contribution in [0.15, 0.2) is 64.5 Å². The predicted octanol–water partition coefficient (Wildman–Crippen LogP) is 8.98. The van der Waals surface area contributed by atoms with Gasteiger partial charge in [-0.2, -0.15) is 0 Å². The molecule has 2 bridgehead atoms. The first kappa shape index (κ1) is 32.9. The number of hydrogen-bond acceptors (Lipinski definition) is 7. The maximum Gasteiger partial charge on any atom is 0.164 e. The van der Waals surface area contributed by atoms with E-state index in [9.17, 15) is 15.0 Å². The maximum absolute atomic E-state index is 15.1. The summed E-state index contributed by atoms with van der Waals surface area (Å²) in [5.41, 5.74) is -0.646.